The van der Waals surface area contributed by atoms with Gasteiger partial charge in [-0.1, -0.05) is 12.1 Å². The number of nitrogens with zero attached hydrogens (tertiary/aromatic N) is 1. The van der Waals surface area contributed by atoms with E-state index in [2.05, 4.69) is 10.5 Å². The molecule has 0 radical (unpaired) electrons. The van der Waals surface area contributed by atoms with Gasteiger partial charge in [-0.3, -0.25) is 0 Å². The minimum absolute atomic E-state index is 0.0672. The van der Waals surface area contributed by atoms with Crippen LogP contribution in [0.5, 0.6) is 5.75 Å². The van der Waals surface area contributed by atoms with Gasteiger partial charge in [-0.2, -0.15) is 13.2 Å². The lowest BCUT2D eigenvalue weighted by atomic mass is 10.1. The fourth-order valence-corrected chi connectivity index (χ4v) is 1.85. The third-order valence-corrected chi connectivity index (χ3v) is 2.87. The van der Waals surface area contributed by atoms with Crippen LogP contribution >= 0.6 is 0 Å². The number of alkyl halides is 3. The Bertz CT molecular complexity index is 657. The molecule has 2 aromatic rings. The van der Waals surface area contributed by atoms with Gasteiger partial charge in [0.15, 0.2) is 0 Å². The lowest BCUT2D eigenvalue weighted by Gasteiger charge is -2.14. The Balaban J connectivity index is 2.23. The monoisotopic (exact) mass is 296 g/mol. The summed E-state index contributed by atoms with van der Waals surface area (Å²) in [5.41, 5.74) is -0.527. The van der Waals surface area contributed by atoms with Crippen LogP contribution in [0.3, 0.4) is 0 Å². The summed E-state index contributed by atoms with van der Waals surface area (Å²) in [6, 6.07) is 8.92. The Hall–Kier alpha value is -2.57. The molecule has 0 aromatic heterocycles. The first-order valence-electron chi connectivity index (χ1n) is 5.97. The number of benzene rings is 2. The molecule has 2 aromatic carbocycles. The van der Waals surface area contributed by atoms with Crippen molar-refractivity contribution in [2.24, 2.45) is 5.18 Å². The van der Waals surface area contributed by atoms with Gasteiger partial charge in [0.25, 0.3) is 0 Å². The SMILES string of the molecule is O=Nc1ccc(O)c(CNc2ccccc2C(F)(F)F)c1. The van der Waals surface area contributed by atoms with Gasteiger partial charge in [-0.15, -0.1) is 4.91 Å². The summed E-state index contributed by atoms with van der Waals surface area (Å²) >= 11 is 0. The number of nitrogens with one attached hydrogen (secondary N) is 1. The van der Waals surface area contributed by atoms with Crippen molar-refractivity contribution in [1.82, 2.24) is 0 Å². The van der Waals surface area contributed by atoms with Crippen LogP contribution in [0.4, 0.5) is 24.5 Å². The molecule has 4 nitrogen and oxygen atoms in total. The third kappa shape index (κ3) is 3.50. The molecule has 0 saturated carbocycles. The number of phenolic OH excluding ortho intramolecular Hbond substituents is 1. The number of nitroso groups, excluding NO2 is 1. The first kappa shape index (κ1) is 14.8. The molecule has 110 valence electrons. The molecule has 0 atom stereocenters. The summed E-state index contributed by atoms with van der Waals surface area (Å²) in [6.07, 6.45) is -4.47. The first-order valence-corrected chi connectivity index (χ1v) is 5.97. The van der Waals surface area contributed by atoms with Crippen LogP contribution in [-0.4, -0.2) is 5.11 Å². The van der Waals surface area contributed by atoms with Crippen LogP contribution in [-0.2, 0) is 12.7 Å². The second-order valence-corrected chi connectivity index (χ2v) is 4.30. The summed E-state index contributed by atoms with van der Waals surface area (Å²) < 4.78 is 38.5. The maximum absolute atomic E-state index is 12.8. The van der Waals surface area contributed by atoms with E-state index in [9.17, 15) is 23.2 Å². The molecule has 2 N–H and O–H groups in total. The molecule has 0 aliphatic heterocycles. The number of hydrogen-bond acceptors (Lipinski definition) is 4. The minimum Gasteiger partial charge on any atom is -0.508 e. The second-order valence-electron chi connectivity index (χ2n) is 4.30. The van der Waals surface area contributed by atoms with Gasteiger partial charge in [0.2, 0.25) is 0 Å². The summed E-state index contributed by atoms with van der Waals surface area (Å²) in [5.74, 6) is -0.126. The molecule has 0 spiro atoms. The van der Waals surface area contributed by atoms with Crippen molar-refractivity contribution in [1.29, 1.82) is 0 Å². The first-order chi connectivity index (χ1) is 9.91. The summed E-state index contributed by atoms with van der Waals surface area (Å²) in [5, 5.41) is 15.0. The quantitative estimate of drug-likeness (QED) is 0.821. The highest BCUT2D eigenvalue weighted by atomic mass is 19.4. The van der Waals surface area contributed by atoms with Crippen molar-refractivity contribution < 1.29 is 18.3 Å². The van der Waals surface area contributed by atoms with E-state index in [1.807, 2.05) is 0 Å². The normalized spacial score (nSPS) is 11.2. The fraction of sp³-hybridized carbons (Fsp3) is 0.143. The van der Waals surface area contributed by atoms with Gasteiger partial charge < -0.3 is 10.4 Å². The highest BCUT2D eigenvalue weighted by molar-refractivity contribution is 5.54. The van der Waals surface area contributed by atoms with E-state index in [1.54, 1.807) is 0 Å². The van der Waals surface area contributed by atoms with E-state index >= 15 is 0 Å². The molecule has 0 saturated heterocycles. The number of phenols is 1. The van der Waals surface area contributed by atoms with E-state index in [0.29, 0.717) is 0 Å². The Morgan fingerprint density at radius 2 is 1.86 bits per heavy atom. The fourth-order valence-electron chi connectivity index (χ4n) is 1.85. The van der Waals surface area contributed by atoms with E-state index in [0.717, 1.165) is 6.07 Å². The number of para-hydroxylation sites is 1. The van der Waals surface area contributed by atoms with Crippen molar-refractivity contribution in [2.75, 3.05) is 5.32 Å². The molecular weight excluding hydrogens is 285 g/mol. The highest BCUT2D eigenvalue weighted by Crippen LogP contribution is 2.35. The molecule has 0 heterocycles. The Labute approximate surface area is 118 Å². The zero-order chi connectivity index (χ0) is 15.5. The van der Waals surface area contributed by atoms with E-state index in [-0.39, 0.29) is 29.2 Å². The predicted octanol–water partition coefficient (Wildman–Crippen LogP) is 4.42. The Kier molecular flexibility index (Phi) is 4.11. The minimum atomic E-state index is -4.47. The van der Waals surface area contributed by atoms with Crippen molar-refractivity contribution >= 4 is 11.4 Å². The molecule has 2 rings (SSSR count). The summed E-state index contributed by atoms with van der Waals surface area (Å²) in [6.45, 7) is -0.0672. The second kappa shape index (κ2) is 5.82. The van der Waals surface area contributed by atoms with Crippen LogP contribution in [0, 0.1) is 4.91 Å². The number of anilines is 1. The maximum atomic E-state index is 12.8. The van der Waals surface area contributed by atoms with Crippen LogP contribution in [0.1, 0.15) is 11.1 Å². The molecule has 0 aliphatic rings. The third-order valence-electron chi connectivity index (χ3n) is 2.87. The smallest absolute Gasteiger partial charge is 0.418 e. The number of rotatable bonds is 4. The van der Waals surface area contributed by atoms with Crippen LogP contribution < -0.4 is 5.32 Å². The van der Waals surface area contributed by atoms with Crippen molar-refractivity contribution in [3.05, 3.63) is 58.5 Å². The van der Waals surface area contributed by atoms with E-state index in [4.69, 9.17) is 0 Å². The topological polar surface area (TPSA) is 61.7 Å². The number of halogens is 3. The van der Waals surface area contributed by atoms with Gasteiger partial charge in [-0.25, -0.2) is 0 Å². The standard InChI is InChI=1S/C14H11F3N2O2/c15-14(16,17)11-3-1-2-4-12(11)18-8-9-7-10(19-21)5-6-13(9)20/h1-7,18,20H,8H2. The molecule has 0 aliphatic carbocycles. The largest absolute Gasteiger partial charge is 0.508 e. The lowest BCUT2D eigenvalue weighted by molar-refractivity contribution is -0.136. The van der Waals surface area contributed by atoms with Crippen molar-refractivity contribution in [3.63, 3.8) is 0 Å². The molecule has 0 amide bonds. The average Bonchev–Trinajstić information content (AvgIpc) is 2.46. The number of hydrogen-bond donors (Lipinski definition) is 2. The zero-order valence-electron chi connectivity index (χ0n) is 10.7. The summed E-state index contributed by atoms with van der Waals surface area (Å²) in [4.78, 5) is 10.4. The molecule has 0 unspecified atom stereocenters. The van der Waals surface area contributed by atoms with E-state index < -0.39 is 11.7 Å². The maximum Gasteiger partial charge on any atom is 0.418 e. The van der Waals surface area contributed by atoms with Gasteiger partial charge in [0.1, 0.15) is 11.4 Å². The molecule has 0 fully saturated rings. The molecule has 21 heavy (non-hydrogen) atoms. The molecule has 0 bridgehead atoms. The van der Waals surface area contributed by atoms with Crippen LogP contribution in [0.2, 0.25) is 0 Å². The summed E-state index contributed by atoms with van der Waals surface area (Å²) in [7, 11) is 0. The lowest BCUT2D eigenvalue weighted by Crippen LogP contribution is -2.10. The average molecular weight is 296 g/mol. The van der Waals surface area contributed by atoms with Gasteiger partial charge >= 0.3 is 6.18 Å². The Morgan fingerprint density at radius 1 is 1.14 bits per heavy atom. The van der Waals surface area contributed by atoms with Crippen LogP contribution in [0.25, 0.3) is 0 Å². The van der Waals surface area contributed by atoms with Gasteiger partial charge in [-0.05, 0) is 35.5 Å². The van der Waals surface area contributed by atoms with Crippen molar-refractivity contribution in [2.45, 2.75) is 12.7 Å². The molecular formula is C14H11F3N2O2. The van der Waals surface area contributed by atoms with Crippen LogP contribution in [0.15, 0.2) is 47.6 Å². The van der Waals surface area contributed by atoms with E-state index in [1.165, 1.54) is 36.4 Å². The zero-order valence-corrected chi connectivity index (χ0v) is 10.7. The van der Waals surface area contributed by atoms with Gasteiger partial charge in [0, 0.05) is 17.8 Å². The van der Waals surface area contributed by atoms with Gasteiger partial charge in [0.05, 0.1) is 5.56 Å². The highest BCUT2D eigenvalue weighted by Gasteiger charge is 2.33. The Morgan fingerprint density at radius 3 is 2.52 bits per heavy atom. The molecule has 7 heteroatoms. The predicted molar refractivity (Wildman–Crippen MR) is 72.3 cm³/mol. The number of aromatic hydroxyl groups is 1. The van der Waals surface area contributed by atoms with Crippen molar-refractivity contribution in [3.8, 4) is 5.75 Å².